The number of nitrogens with zero attached hydrogens (tertiary/aromatic N) is 4. The lowest BCUT2D eigenvalue weighted by molar-refractivity contribution is -0.885. The second-order valence-electron chi connectivity index (χ2n) is 7.62. The van der Waals surface area contributed by atoms with Crippen molar-refractivity contribution < 1.29 is 9.69 Å². The highest BCUT2D eigenvalue weighted by Gasteiger charge is 2.29. The van der Waals surface area contributed by atoms with Gasteiger partial charge in [0.1, 0.15) is 0 Å². The Morgan fingerprint density at radius 2 is 1.93 bits per heavy atom. The standard InChI is InChI=1S/C21H24ClN5O/c1-14-18-19(22)17(21(28)26(3)15-9-11-25(2)12-10-15)13-23-20(18)27(24-14)16-7-5-4-6-8-16/h4-8,13,15H,9-12H2,1-3H3/p+1. The van der Waals surface area contributed by atoms with Crippen molar-refractivity contribution in [1.82, 2.24) is 19.7 Å². The number of amides is 1. The van der Waals surface area contributed by atoms with E-state index in [0.29, 0.717) is 16.2 Å². The topological polar surface area (TPSA) is 55.5 Å². The van der Waals surface area contributed by atoms with Gasteiger partial charge in [-0.3, -0.25) is 4.79 Å². The molecule has 1 amide bonds. The number of piperidine rings is 1. The number of carbonyl (C=O) groups excluding carboxylic acids is 1. The smallest absolute Gasteiger partial charge is 0.256 e. The molecule has 1 saturated heterocycles. The van der Waals surface area contributed by atoms with Crippen LogP contribution in [-0.2, 0) is 0 Å². The van der Waals surface area contributed by atoms with E-state index in [-0.39, 0.29) is 11.9 Å². The van der Waals surface area contributed by atoms with E-state index in [1.165, 1.54) is 4.90 Å². The van der Waals surface area contributed by atoms with Crippen LogP contribution in [-0.4, -0.2) is 58.8 Å². The Kier molecular flexibility index (Phi) is 5.08. The molecule has 1 aliphatic rings. The zero-order chi connectivity index (χ0) is 19.8. The molecule has 0 spiro atoms. The van der Waals surface area contributed by atoms with E-state index in [9.17, 15) is 4.79 Å². The zero-order valence-electron chi connectivity index (χ0n) is 16.4. The molecule has 0 unspecified atom stereocenters. The van der Waals surface area contributed by atoms with Crippen molar-refractivity contribution in [2.75, 3.05) is 27.2 Å². The molecule has 6 nitrogen and oxygen atoms in total. The van der Waals surface area contributed by atoms with Gasteiger partial charge in [0, 0.05) is 32.1 Å². The van der Waals surface area contributed by atoms with Gasteiger partial charge in [0.25, 0.3) is 5.91 Å². The Morgan fingerprint density at radius 1 is 1.25 bits per heavy atom. The van der Waals surface area contributed by atoms with Crippen LogP contribution in [0.15, 0.2) is 36.5 Å². The lowest BCUT2D eigenvalue weighted by Crippen LogP contribution is -3.10. The van der Waals surface area contributed by atoms with Gasteiger partial charge in [0.2, 0.25) is 0 Å². The molecule has 1 fully saturated rings. The number of carbonyl (C=O) groups is 1. The van der Waals surface area contributed by atoms with E-state index in [4.69, 9.17) is 11.6 Å². The molecule has 0 bridgehead atoms. The number of nitrogens with one attached hydrogen (secondary N) is 1. The maximum Gasteiger partial charge on any atom is 0.256 e. The molecule has 0 saturated carbocycles. The fraction of sp³-hybridized carbons (Fsp3) is 0.381. The summed E-state index contributed by atoms with van der Waals surface area (Å²) in [6.07, 6.45) is 3.60. The molecule has 1 aromatic carbocycles. The molecule has 28 heavy (non-hydrogen) atoms. The summed E-state index contributed by atoms with van der Waals surface area (Å²) in [5.41, 5.74) is 2.78. The number of quaternary nitrogens is 1. The highest BCUT2D eigenvalue weighted by Crippen LogP contribution is 2.31. The minimum atomic E-state index is -0.0733. The van der Waals surface area contributed by atoms with Gasteiger partial charge in [0.15, 0.2) is 5.65 Å². The molecule has 3 aromatic rings. The molecule has 0 aliphatic carbocycles. The van der Waals surface area contributed by atoms with Crippen LogP contribution in [0.25, 0.3) is 16.7 Å². The van der Waals surface area contributed by atoms with Crippen LogP contribution >= 0.6 is 11.6 Å². The second kappa shape index (κ2) is 7.53. The number of hydrogen-bond donors (Lipinski definition) is 1. The van der Waals surface area contributed by atoms with Gasteiger partial charge in [-0.1, -0.05) is 29.8 Å². The van der Waals surface area contributed by atoms with E-state index in [1.54, 1.807) is 10.9 Å². The van der Waals surface area contributed by atoms with Crippen LogP contribution < -0.4 is 4.90 Å². The summed E-state index contributed by atoms with van der Waals surface area (Å²) >= 11 is 6.70. The Bertz CT molecular complexity index is 1010. The van der Waals surface area contributed by atoms with Crippen LogP contribution in [0.1, 0.15) is 28.9 Å². The number of aromatic nitrogens is 3. The Balaban J connectivity index is 1.70. The Hall–Kier alpha value is -2.44. The molecular formula is C21H25ClN5O+. The fourth-order valence-electron chi connectivity index (χ4n) is 3.95. The van der Waals surface area contributed by atoms with Crippen molar-refractivity contribution >= 4 is 28.5 Å². The van der Waals surface area contributed by atoms with E-state index >= 15 is 0 Å². The average Bonchev–Trinajstić information content (AvgIpc) is 3.06. The van der Waals surface area contributed by atoms with Crippen LogP contribution in [0, 0.1) is 6.92 Å². The molecule has 4 rings (SSSR count). The van der Waals surface area contributed by atoms with E-state index in [1.807, 2.05) is 49.2 Å². The number of halogens is 1. The summed E-state index contributed by atoms with van der Waals surface area (Å²) in [6.45, 7) is 4.06. The summed E-state index contributed by atoms with van der Waals surface area (Å²) in [6, 6.07) is 10.1. The molecule has 0 radical (unpaired) electrons. The summed E-state index contributed by atoms with van der Waals surface area (Å²) in [4.78, 5) is 21.1. The number of benzene rings is 1. The second-order valence-corrected chi connectivity index (χ2v) is 8.00. The molecule has 146 valence electrons. The van der Waals surface area contributed by atoms with Crippen molar-refractivity contribution in [1.29, 1.82) is 0 Å². The van der Waals surface area contributed by atoms with Crippen molar-refractivity contribution in [3.05, 3.63) is 52.8 Å². The SMILES string of the molecule is Cc1nn(-c2ccccc2)c2ncc(C(=O)N(C)C3CC[NH+](C)CC3)c(Cl)c12. The van der Waals surface area contributed by atoms with Crippen molar-refractivity contribution in [2.24, 2.45) is 0 Å². The Labute approximate surface area is 169 Å². The maximum atomic E-state index is 13.1. The quantitative estimate of drug-likeness (QED) is 0.735. The maximum absolute atomic E-state index is 13.1. The monoisotopic (exact) mass is 398 g/mol. The molecule has 1 N–H and O–H groups in total. The fourth-order valence-corrected chi connectivity index (χ4v) is 4.30. The third-order valence-electron chi connectivity index (χ3n) is 5.72. The van der Waals surface area contributed by atoms with E-state index in [2.05, 4.69) is 17.1 Å². The molecule has 0 atom stereocenters. The molecule has 2 aromatic heterocycles. The number of aryl methyl sites for hydroxylation is 1. The van der Waals surface area contributed by atoms with Crippen molar-refractivity contribution in [2.45, 2.75) is 25.8 Å². The number of fused-ring (bicyclic) bond motifs is 1. The van der Waals surface area contributed by atoms with Crippen LogP contribution in [0.4, 0.5) is 0 Å². The third-order valence-corrected chi connectivity index (χ3v) is 6.11. The third kappa shape index (κ3) is 3.27. The lowest BCUT2D eigenvalue weighted by atomic mass is 10.0. The number of hydrogen-bond acceptors (Lipinski definition) is 3. The predicted octanol–water partition coefficient (Wildman–Crippen LogP) is 2.13. The first kappa shape index (κ1) is 18.9. The van der Waals surface area contributed by atoms with Crippen molar-refractivity contribution in [3.8, 4) is 5.69 Å². The van der Waals surface area contributed by atoms with Gasteiger partial charge < -0.3 is 9.80 Å². The molecular weight excluding hydrogens is 374 g/mol. The highest BCUT2D eigenvalue weighted by molar-refractivity contribution is 6.38. The Morgan fingerprint density at radius 3 is 2.61 bits per heavy atom. The number of likely N-dealkylation sites (tertiary alicyclic amines) is 1. The van der Waals surface area contributed by atoms with Gasteiger partial charge in [-0.2, -0.15) is 5.10 Å². The molecule has 7 heteroatoms. The molecule has 1 aliphatic heterocycles. The molecule has 3 heterocycles. The summed E-state index contributed by atoms with van der Waals surface area (Å²) in [5, 5.41) is 5.77. The number of rotatable bonds is 3. The normalized spacial score (nSPS) is 19.7. The first-order chi connectivity index (χ1) is 13.5. The van der Waals surface area contributed by atoms with Gasteiger partial charge in [-0.15, -0.1) is 0 Å². The van der Waals surface area contributed by atoms with Gasteiger partial charge >= 0.3 is 0 Å². The van der Waals surface area contributed by atoms with Crippen LogP contribution in [0.3, 0.4) is 0 Å². The minimum Gasteiger partial charge on any atom is -0.338 e. The number of pyridine rings is 1. The van der Waals surface area contributed by atoms with Crippen LogP contribution in [0.2, 0.25) is 5.02 Å². The predicted molar refractivity (Wildman–Crippen MR) is 110 cm³/mol. The largest absolute Gasteiger partial charge is 0.338 e. The average molecular weight is 399 g/mol. The lowest BCUT2D eigenvalue weighted by Gasteiger charge is -2.33. The zero-order valence-corrected chi connectivity index (χ0v) is 17.2. The van der Waals surface area contributed by atoms with E-state index < -0.39 is 0 Å². The summed E-state index contributed by atoms with van der Waals surface area (Å²) in [5.74, 6) is -0.0733. The van der Waals surface area contributed by atoms with Crippen LogP contribution in [0.5, 0.6) is 0 Å². The van der Waals surface area contributed by atoms with E-state index in [0.717, 1.165) is 42.7 Å². The summed E-state index contributed by atoms with van der Waals surface area (Å²) in [7, 11) is 4.06. The minimum absolute atomic E-state index is 0.0733. The summed E-state index contributed by atoms with van der Waals surface area (Å²) < 4.78 is 1.77. The highest BCUT2D eigenvalue weighted by atomic mass is 35.5. The van der Waals surface area contributed by atoms with Crippen molar-refractivity contribution in [3.63, 3.8) is 0 Å². The van der Waals surface area contributed by atoms with Gasteiger partial charge in [0.05, 0.1) is 47.5 Å². The first-order valence-corrected chi connectivity index (χ1v) is 10.0. The first-order valence-electron chi connectivity index (χ1n) is 9.65. The van der Waals surface area contributed by atoms with Gasteiger partial charge in [-0.25, -0.2) is 9.67 Å². The van der Waals surface area contributed by atoms with Gasteiger partial charge in [-0.05, 0) is 19.1 Å². The number of para-hydroxylation sites is 1.